The first-order valence-electron chi connectivity index (χ1n) is 7.75. The fraction of sp³-hybridized carbons (Fsp3) is 0.688. The number of carbonyl (C=O) groups excluding carboxylic acids is 1. The number of nitrogens with two attached hydrogens (primary N) is 1. The summed E-state index contributed by atoms with van der Waals surface area (Å²) >= 11 is 0. The Morgan fingerprint density at radius 1 is 1.30 bits per heavy atom. The highest BCUT2D eigenvalue weighted by molar-refractivity contribution is 5.93. The van der Waals surface area contributed by atoms with Crippen LogP contribution in [-0.2, 0) is 7.05 Å². The summed E-state index contributed by atoms with van der Waals surface area (Å²) in [5.74, 6) is 1.21. The zero-order valence-corrected chi connectivity index (χ0v) is 12.4. The fourth-order valence-electron chi connectivity index (χ4n) is 4.09. The van der Waals surface area contributed by atoms with E-state index < -0.39 is 0 Å². The number of aromatic nitrogens is 1. The second-order valence-corrected chi connectivity index (χ2v) is 6.60. The van der Waals surface area contributed by atoms with Gasteiger partial charge in [0.05, 0.1) is 0 Å². The van der Waals surface area contributed by atoms with Crippen LogP contribution in [0.5, 0.6) is 0 Å². The summed E-state index contributed by atoms with van der Waals surface area (Å²) in [5, 5.41) is 3.30. The van der Waals surface area contributed by atoms with Crippen LogP contribution in [0.2, 0.25) is 0 Å². The molecule has 2 aliphatic rings. The SMILES string of the molecule is Cc1ccc(C(=O)NC2C3CCCC2CC(N)C3)n1C. The summed E-state index contributed by atoms with van der Waals surface area (Å²) in [6.07, 6.45) is 5.83. The molecule has 0 aliphatic heterocycles. The van der Waals surface area contributed by atoms with E-state index in [0.29, 0.717) is 23.9 Å². The number of rotatable bonds is 2. The molecule has 20 heavy (non-hydrogen) atoms. The zero-order chi connectivity index (χ0) is 14.3. The molecule has 0 radical (unpaired) electrons. The third-order valence-corrected chi connectivity index (χ3v) is 5.28. The lowest BCUT2D eigenvalue weighted by Gasteiger charge is -2.45. The number of hydrogen-bond donors (Lipinski definition) is 2. The molecule has 0 aromatic carbocycles. The molecular weight excluding hydrogens is 250 g/mol. The van der Waals surface area contributed by atoms with Gasteiger partial charge in [0.25, 0.3) is 5.91 Å². The zero-order valence-electron chi connectivity index (χ0n) is 12.4. The van der Waals surface area contributed by atoms with Crippen LogP contribution >= 0.6 is 0 Å². The molecule has 4 nitrogen and oxygen atoms in total. The molecule has 110 valence electrons. The average Bonchev–Trinajstić information content (AvgIpc) is 2.71. The van der Waals surface area contributed by atoms with Gasteiger partial charge in [-0.25, -0.2) is 0 Å². The normalized spacial score (nSPS) is 33.0. The quantitative estimate of drug-likeness (QED) is 0.867. The van der Waals surface area contributed by atoms with Gasteiger partial charge < -0.3 is 15.6 Å². The molecule has 2 aliphatic carbocycles. The summed E-state index contributed by atoms with van der Waals surface area (Å²) in [7, 11) is 1.95. The average molecular weight is 275 g/mol. The molecule has 3 rings (SSSR count). The first-order valence-corrected chi connectivity index (χ1v) is 7.75. The van der Waals surface area contributed by atoms with Crippen LogP contribution in [0.1, 0.15) is 48.3 Å². The molecule has 2 fully saturated rings. The summed E-state index contributed by atoms with van der Waals surface area (Å²) in [6, 6.07) is 4.56. The highest BCUT2D eigenvalue weighted by atomic mass is 16.2. The third-order valence-electron chi connectivity index (χ3n) is 5.28. The number of fused-ring (bicyclic) bond motifs is 2. The Balaban J connectivity index is 1.74. The van der Waals surface area contributed by atoms with Crippen molar-refractivity contribution in [1.82, 2.24) is 9.88 Å². The van der Waals surface area contributed by atoms with Crippen molar-refractivity contribution in [1.29, 1.82) is 0 Å². The van der Waals surface area contributed by atoms with Crippen LogP contribution in [0.4, 0.5) is 0 Å². The Morgan fingerprint density at radius 3 is 2.50 bits per heavy atom. The number of carbonyl (C=O) groups is 1. The molecule has 1 amide bonds. The standard InChI is InChI=1S/C16H25N3O/c1-10-6-7-14(19(10)2)16(20)18-15-11-4-3-5-12(15)9-13(17)8-11/h6-7,11-13,15H,3-5,8-9,17H2,1-2H3,(H,18,20). The van der Waals surface area contributed by atoms with Crippen molar-refractivity contribution >= 4 is 5.91 Å². The Kier molecular flexibility index (Phi) is 3.59. The van der Waals surface area contributed by atoms with Gasteiger partial charge >= 0.3 is 0 Å². The maximum atomic E-state index is 12.5. The molecule has 1 aromatic heterocycles. The van der Waals surface area contributed by atoms with Crippen LogP contribution < -0.4 is 11.1 Å². The van der Waals surface area contributed by atoms with E-state index in [9.17, 15) is 4.79 Å². The largest absolute Gasteiger partial charge is 0.347 e. The molecule has 1 heterocycles. The van der Waals surface area contributed by atoms with E-state index in [1.807, 2.05) is 30.7 Å². The highest BCUT2D eigenvalue weighted by Gasteiger charge is 2.40. The number of nitrogens with one attached hydrogen (secondary N) is 1. The number of amides is 1. The molecule has 2 bridgehead atoms. The lowest BCUT2D eigenvalue weighted by atomic mass is 9.67. The molecular formula is C16H25N3O. The molecule has 1 aromatic rings. The van der Waals surface area contributed by atoms with Crippen molar-refractivity contribution in [2.24, 2.45) is 24.6 Å². The molecule has 0 spiro atoms. The molecule has 4 heteroatoms. The Hall–Kier alpha value is -1.29. The van der Waals surface area contributed by atoms with Gasteiger partial charge in [-0.2, -0.15) is 0 Å². The van der Waals surface area contributed by atoms with Crippen molar-refractivity contribution in [3.8, 4) is 0 Å². The first kappa shape index (κ1) is 13.7. The molecule has 3 N–H and O–H groups in total. The first-order chi connectivity index (χ1) is 9.56. The van der Waals surface area contributed by atoms with E-state index in [1.165, 1.54) is 19.3 Å². The van der Waals surface area contributed by atoms with E-state index in [1.54, 1.807) is 0 Å². The van der Waals surface area contributed by atoms with Crippen molar-refractivity contribution in [3.63, 3.8) is 0 Å². The number of hydrogen-bond acceptors (Lipinski definition) is 2. The third kappa shape index (κ3) is 2.37. The van der Waals surface area contributed by atoms with Crippen molar-refractivity contribution in [3.05, 3.63) is 23.5 Å². The fourth-order valence-corrected chi connectivity index (χ4v) is 4.09. The lowest BCUT2D eigenvalue weighted by Crippen LogP contribution is -2.53. The molecule has 2 unspecified atom stereocenters. The van der Waals surface area contributed by atoms with E-state index in [-0.39, 0.29) is 5.91 Å². The predicted octanol–water partition coefficient (Wildman–Crippen LogP) is 1.97. The second kappa shape index (κ2) is 5.24. The molecule has 2 saturated carbocycles. The van der Waals surface area contributed by atoms with E-state index in [4.69, 9.17) is 5.73 Å². The Labute approximate surface area is 120 Å². The van der Waals surface area contributed by atoms with Gasteiger partial charge in [0, 0.05) is 24.8 Å². The van der Waals surface area contributed by atoms with Crippen molar-refractivity contribution < 1.29 is 4.79 Å². The predicted molar refractivity (Wildman–Crippen MR) is 79.4 cm³/mol. The second-order valence-electron chi connectivity index (χ2n) is 6.60. The van der Waals surface area contributed by atoms with Gasteiger partial charge in [0.2, 0.25) is 0 Å². The minimum atomic E-state index is 0.0676. The van der Waals surface area contributed by atoms with Crippen LogP contribution in [0.25, 0.3) is 0 Å². The van der Waals surface area contributed by atoms with E-state index in [0.717, 1.165) is 24.2 Å². The summed E-state index contributed by atoms with van der Waals surface area (Å²) in [4.78, 5) is 12.5. The maximum Gasteiger partial charge on any atom is 0.268 e. The monoisotopic (exact) mass is 275 g/mol. The summed E-state index contributed by atoms with van der Waals surface area (Å²) in [6.45, 7) is 2.02. The summed E-state index contributed by atoms with van der Waals surface area (Å²) in [5.41, 5.74) is 8.01. The summed E-state index contributed by atoms with van der Waals surface area (Å²) < 4.78 is 1.96. The van der Waals surface area contributed by atoms with E-state index >= 15 is 0 Å². The smallest absolute Gasteiger partial charge is 0.268 e. The van der Waals surface area contributed by atoms with Gasteiger partial charge in [-0.15, -0.1) is 0 Å². The topological polar surface area (TPSA) is 60.1 Å². The lowest BCUT2D eigenvalue weighted by molar-refractivity contribution is 0.0748. The van der Waals surface area contributed by atoms with Gasteiger partial charge in [-0.1, -0.05) is 6.42 Å². The van der Waals surface area contributed by atoms with Crippen LogP contribution in [-0.4, -0.2) is 22.6 Å². The molecule has 0 saturated heterocycles. The number of aryl methyl sites for hydroxylation is 1. The van der Waals surface area contributed by atoms with Gasteiger partial charge in [0.15, 0.2) is 0 Å². The number of nitrogens with zero attached hydrogens (tertiary/aromatic N) is 1. The van der Waals surface area contributed by atoms with Crippen molar-refractivity contribution in [2.75, 3.05) is 0 Å². The van der Waals surface area contributed by atoms with Gasteiger partial charge in [-0.3, -0.25) is 4.79 Å². The minimum absolute atomic E-state index is 0.0676. The minimum Gasteiger partial charge on any atom is -0.347 e. The molecule has 2 atom stereocenters. The van der Waals surface area contributed by atoms with Gasteiger partial charge in [-0.05, 0) is 56.6 Å². The van der Waals surface area contributed by atoms with Crippen LogP contribution in [0.3, 0.4) is 0 Å². The maximum absolute atomic E-state index is 12.5. The van der Waals surface area contributed by atoms with Crippen LogP contribution in [0, 0.1) is 18.8 Å². The highest BCUT2D eigenvalue weighted by Crippen LogP contribution is 2.39. The van der Waals surface area contributed by atoms with Crippen molar-refractivity contribution in [2.45, 2.75) is 51.1 Å². The van der Waals surface area contributed by atoms with Gasteiger partial charge in [0.1, 0.15) is 5.69 Å². The Bertz CT molecular complexity index is 494. The van der Waals surface area contributed by atoms with E-state index in [2.05, 4.69) is 5.32 Å². The van der Waals surface area contributed by atoms with Crippen LogP contribution in [0.15, 0.2) is 12.1 Å². The Morgan fingerprint density at radius 2 is 1.95 bits per heavy atom.